The second-order valence-corrected chi connectivity index (χ2v) is 6.23. The van der Waals surface area contributed by atoms with Gasteiger partial charge in [-0.25, -0.2) is 4.98 Å². The maximum atomic E-state index is 12.2. The van der Waals surface area contributed by atoms with Crippen LogP contribution in [0.15, 0.2) is 18.2 Å². The summed E-state index contributed by atoms with van der Waals surface area (Å²) in [6.45, 7) is 0. The lowest BCUT2D eigenvalue weighted by Crippen LogP contribution is -2.45. The zero-order chi connectivity index (χ0) is 14.1. The molecule has 6 heteroatoms. The molecule has 20 heavy (non-hydrogen) atoms. The number of fused-ring (bicyclic) bond motifs is 1. The minimum Gasteiger partial charge on any atom is -0.391 e. The van der Waals surface area contributed by atoms with Crippen LogP contribution in [-0.2, 0) is 0 Å². The molecular weight excluding hydrogens is 274 g/mol. The third-order valence-electron chi connectivity index (χ3n) is 3.71. The molecule has 0 saturated heterocycles. The standard InChI is InChI=1S/C14H17N3O2S/c15-14-17-10-6-5-8(7-12(10)20-14)13(19)16-9-3-1-2-4-11(9)18/h5-7,9,11,18H,1-4H2,(H2,15,17)(H,16,19). The number of amides is 1. The highest BCUT2D eigenvalue weighted by Gasteiger charge is 2.24. The largest absolute Gasteiger partial charge is 0.391 e. The number of benzene rings is 1. The summed E-state index contributed by atoms with van der Waals surface area (Å²) in [5.41, 5.74) is 7.05. The molecule has 3 rings (SSSR count). The van der Waals surface area contributed by atoms with Crippen LogP contribution in [0.3, 0.4) is 0 Å². The van der Waals surface area contributed by atoms with Crippen LogP contribution in [0.1, 0.15) is 36.0 Å². The fraction of sp³-hybridized carbons (Fsp3) is 0.429. The molecule has 0 aliphatic heterocycles. The first kappa shape index (κ1) is 13.3. The van der Waals surface area contributed by atoms with Gasteiger partial charge in [-0.15, -0.1) is 0 Å². The van der Waals surface area contributed by atoms with E-state index in [1.807, 2.05) is 0 Å². The molecule has 5 nitrogen and oxygen atoms in total. The Bertz CT molecular complexity index is 640. The molecule has 2 aromatic rings. The topological polar surface area (TPSA) is 88.2 Å². The zero-order valence-electron chi connectivity index (χ0n) is 11.0. The van der Waals surface area contributed by atoms with Crippen molar-refractivity contribution in [3.8, 4) is 0 Å². The predicted molar refractivity (Wildman–Crippen MR) is 79.8 cm³/mol. The highest BCUT2D eigenvalue weighted by atomic mass is 32.1. The van der Waals surface area contributed by atoms with Crippen molar-refractivity contribution < 1.29 is 9.90 Å². The van der Waals surface area contributed by atoms with Gasteiger partial charge in [0.25, 0.3) is 5.91 Å². The number of carbonyl (C=O) groups excluding carboxylic acids is 1. The third-order valence-corrected chi connectivity index (χ3v) is 4.56. The highest BCUT2D eigenvalue weighted by Crippen LogP contribution is 2.25. The van der Waals surface area contributed by atoms with Crippen molar-refractivity contribution in [1.29, 1.82) is 0 Å². The second kappa shape index (κ2) is 5.38. The number of aliphatic hydroxyl groups excluding tert-OH is 1. The Morgan fingerprint density at radius 3 is 3.00 bits per heavy atom. The molecule has 4 N–H and O–H groups in total. The van der Waals surface area contributed by atoms with Gasteiger partial charge in [0.05, 0.1) is 22.4 Å². The average molecular weight is 291 g/mol. The molecule has 2 unspecified atom stereocenters. The molecule has 1 aromatic heterocycles. The maximum Gasteiger partial charge on any atom is 0.251 e. The van der Waals surface area contributed by atoms with Gasteiger partial charge in [-0.1, -0.05) is 24.2 Å². The fourth-order valence-corrected chi connectivity index (χ4v) is 3.39. The number of aromatic nitrogens is 1. The molecule has 1 fully saturated rings. The normalized spacial score (nSPS) is 22.9. The van der Waals surface area contributed by atoms with Crippen molar-refractivity contribution in [2.24, 2.45) is 0 Å². The lowest BCUT2D eigenvalue weighted by Gasteiger charge is -2.28. The van der Waals surface area contributed by atoms with E-state index in [0.717, 1.165) is 35.9 Å². The minimum absolute atomic E-state index is 0.140. The van der Waals surface area contributed by atoms with Gasteiger partial charge in [0, 0.05) is 5.56 Å². The van der Waals surface area contributed by atoms with E-state index in [1.165, 1.54) is 11.3 Å². The lowest BCUT2D eigenvalue weighted by atomic mass is 9.92. The number of hydrogen-bond donors (Lipinski definition) is 3. The first-order valence-corrected chi connectivity index (χ1v) is 7.60. The van der Waals surface area contributed by atoms with Crippen molar-refractivity contribution in [3.05, 3.63) is 23.8 Å². The molecule has 106 valence electrons. The van der Waals surface area contributed by atoms with Gasteiger partial charge in [-0.05, 0) is 31.0 Å². The van der Waals surface area contributed by atoms with E-state index < -0.39 is 6.10 Å². The number of nitrogen functional groups attached to an aromatic ring is 1. The Kier molecular flexibility index (Phi) is 3.58. The molecule has 1 aromatic carbocycles. The van der Waals surface area contributed by atoms with E-state index in [1.54, 1.807) is 18.2 Å². The molecule has 1 aliphatic carbocycles. The Morgan fingerprint density at radius 2 is 2.20 bits per heavy atom. The second-order valence-electron chi connectivity index (χ2n) is 5.17. The summed E-state index contributed by atoms with van der Waals surface area (Å²) in [5.74, 6) is -0.148. The summed E-state index contributed by atoms with van der Waals surface area (Å²) >= 11 is 1.37. The van der Waals surface area contributed by atoms with Crippen LogP contribution in [0.5, 0.6) is 0 Å². The van der Waals surface area contributed by atoms with Gasteiger partial charge in [0.15, 0.2) is 5.13 Å². The fourth-order valence-electron chi connectivity index (χ4n) is 2.62. The van der Waals surface area contributed by atoms with Gasteiger partial charge < -0.3 is 16.2 Å². The molecular formula is C14H17N3O2S. The Labute approximate surface area is 120 Å². The first-order valence-electron chi connectivity index (χ1n) is 6.78. The van der Waals surface area contributed by atoms with E-state index in [9.17, 15) is 9.90 Å². The molecule has 0 spiro atoms. The molecule has 1 heterocycles. The van der Waals surface area contributed by atoms with Gasteiger partial charge in [-0.2, -0.15) is 0 Å². The zero-order valence-corrected chi connectivity index (χ0v) is 11.8. The summed E-state index contributed by atoms with van der Waals surface area (Å²) in [7, 11) is 0. The van der Waals surface area contributed by atoms with E-state index >= 15 is 0 Å². The van der Waals surface area contributed by atoms with Crippen molar-refractivity contribution in [1.82, 2.24) is 10.3 Å². The summed E-state index contributed by atoms with van der Waals surface area (Å²) in [4.78, 5) is 16.4. The molecule has 1 amide bonds. The molecule has 0 bridgehead atoms. The van der Waals surface area contributed by atoms with Crippen LogP contribution in [0.2, 0.25) is 0 Å². The first-order chi connectivity index (χ1) is 9.63. The molecule has 2 atom stereocenters. The van der Waals surface area contributed by atoms with Crippen molar-refractivity contribution in [2.75, 3.05) is 5.73 Å². The maximum absolute atomic E-state index is 12.2. The quantitative estimate of drug-likeness (QED) is 0.788. The van der Waals surface area contributed by atoms with Crippen LogP contribution in [-0.4, -0.2) is 28.1 Å². The number of aliphatic hydroxyl groups is 1. The van der Waals surface area contributed by atoms with Gasteiger partial charge in [0.2, 0.25) is 0 Å². The summed E-state index contributed by atoms with van der Waals surface area (Å²) in [6.07, 6.45) is 3.24. The van der Waals surface area contributed by atoms with E-state index in [2.05, 4.69) is 10.3 Å². The molecule has 0 radical (unpaired) electrons. The van der Waals surface area contributed by atoms with E-state index in [4.69, 9.17) is 5.73 Å². The summed E-state index contributed by atoms with van der Waals surface area (Å²) in [5, 5.41) is 13.3. The Morgan fingerprint density at radius 1 is 1.40 bits per heavy atom. The number of nitrogens with zero attached hydrogens (tertiary/aromatic N) is 1. The van der Waals surface area contributed by atoms with Crippen molar-refractivity contribution in [3.63, 3.8) is 0 Å². The molecule has 1 saturated carbocycles. The van der Waals surface area contributed by atoms with Crippen molar-refractivity contribution in [2.45, 2.75) is 37.8 Å². The smallest absolute Gasteiger partial charge is 0.251 e. The Balaban J connectivity index is 1.77. The van der Waals surface area contributed by atoms with Crippen LogP contribution in [0.4, 0.5) is 5.13 Å². The summed E-state index contributed by atoms with van der Waals surface area (Å²) in [6, 6.07) is 5.20. The van der Waals surface area contributed by atoms with Gasteiger partial charge >= 0.3 is 0 Å². The van der Waals surface area contributed by atoms with Crippen LogP contribution < -0.4 is 11.1 Å². The third kappa shape index (κ3) is 2.62. The number of carbonyl (C=O) groups is 1. The Hall–Kier alpha value is -1.66. The predicted octanol–water partition coefficient (Wildman–Crippen LogP) is 1.91. The van der Waals surface area contributed by atoms with Crippen LogP contribution in [0, 0.1) is 0 Å². The number of rotatable bonds is 2. The van der Waals surface area contributed by atoms with Gasteiger partial charge in [0.1, 0.15) is 0 Å². The highest BCUT2D eigenvalue weighted by molar-refractivity contribution is 7.22. The number of anilines is 1. The van der Waals surface area contributed by atoms with Crippen molar-refractivity contribution >= 4 is 32.6 Å². The summed E-state index contributed by atoms with van der Waals surface area (Å²) < 4.78 is 0.902. The SMILES string of the molecule is Nc1nc2ccc(C(=O)NC3CCCCC3O)cc2s1. The average Bonchev–Trinajstić information content (AvgIpc) is 2.80. The number of nitrogens with two attached hydrogens (primary N) is 1. The number of hydrogen-bond acceptors (Lipinski definition) is 5. The van der Waals surface area contributed by atoms with E-state index in [-0.39, 0.29) is 11.9 Å². The minimum atomic E-state index is -0.435. The monoisotopic (exact) mass is 291 g/mol. The lowest BCUT2D eigenvalue weighted by molar-refractivity contribution is 0.0717. The van der Waals surface area contributed by atoms with E-state index in [0.29, 0.717) is 10.7 Å². The van der Waals surface area contributed by atoms with Crippen LogP contribution >= 0.6 is 11.3 Å². The van der Waals surface area contributed by atoms with Gasteiger partial charge in [-0.3, -0.25) is 4.79 Å². The molecule has 1 aliphatic rings. The van der Waals surface area contributed by atoms with Crippen LogP contribution in [0.25, 0.3) is 10.2 Å². The number of nitrogens with one attached hydrogen (secondary N) is 1. The number of thiazole rings is 1.